The topological polar surface area (TPSA) is 68.3 Å². The normalized spacial score (nSPS) is 16.8. The summed E-state index contributed by atoms with van der Waals surface area (Å²) in [5, 5.41) is 0.537. The molecule has 0 unspecified atom stereocenters. The van der Waals surface area contributed by atoms with Gasteiger partial charge in [0.2, 0.25) is 10.0 Å². The number of pyridine rings is 1. The summed E-state index contributed by atoms with van der Waals surface area (Å²) in [6, 6.07) is 9.50. The van der Waals surface area contributed by atoms with Crippen molar-refractivity contribution in [1.29, 1.82) is 0 Å². The van der Waals surface area contributed by atoms with Crippen LogP contribution in [0.25, 0.3) is 10.9 Å². The first-order chi connectivity index (χ1) is 10.6. The van der Waals surface area contributed by atoms with Crippen molar-refractivity contribution in [2.75, 3.05) is 17.9 Å². The molecule has 0 saturated carbocycles. The first-order valence-corrected chi connectivity index (χ1v) is 9.13. The molecule has 1 N–H and O–H groups in total. The molecule has 2 aromatic rings. The number of nitrogens with zero attached hydrogens (tertiary/aromatic N) is 1. The minimum Gasteiger partial charge on any atom is -0.381 e. The maximum absolute atomic E-state index is 12.6. The summed E-state index contributed by atoms with van der Waals surface area (Å²) in [5.41, 5.74) is 2.21. The number of benzene rings is 1. The number of hydrogen-bond acceptors (Lipinski definition) is 4. The molecular weight excluding hydrogens is 300 g/mol. The van der Waals surface area contributed by atoms with Crippen LogP contribution >= 0.6 is 0 Å². The molecule has 5 nitrogen and oxygen atoms in total. The Hall–Kier alpha value is -1.66. The molecule has 1 fully saturated rings. The Balaban J connectivity index is 1.95. The number of hydrogen-bond donors (Lipinski definition) is 1. The zero-order chi connectivity index (χ0) is 15.6. The Morgan fingerprint density at radius 2 is 2.00 bits per heavy atom. The van der Waals surface area contributed by atoms with E-state index in [0.29, 0.717) is 37.3 Å². The van der Waals surface area contributed by atoms with Gasteiger partial charge in [-0.25, -0.2) is 8.42 Å². The maximum Gasteiger partial charge on any atom is 0.235 e. The maximum atomic E-state index is 12.6. The Morgan fingerprint density at radius 1 is 1.23 bits per heavy atom. The average Bonchev–Trinajstić information content (AvgIpc) is 2.55. The summed E-state index contributed by atoms with van der Waals surface area (Å²) >= 11 is 0. The number of nitrogens with one attached hydrogen (secondary N) is 1. The summed E-state index contributed by atoms with van der Waals surface area (Å²) in [7, 11) is -3.42. The van der Waals surface area contributed by atoms with Crippen LogP contribution in [0.15, 0.2) is 30.3 Å². The van der Waals surface area contributed by atoms with E-state index in [-0.39, 0.29) is 0 Å². The molecule has 1 aliphatic rings. The van der Waals surface area contributed by atoms with Crippen molar-refractivity contribution in [3.05, 3.63) is 36.0 Å². The van der Waals surface area contributed by atoms with E-state index in [1.807, 2.05) is 31.2 Å². The lowest BCUT2D eigenvalue weighted by Gasteiger charge is -2.23. The summed E-state index contributed by atoms with van der Waals surface area (Å²) in [6.45, 7) is 3.03. The molecule has 1 aromatic heterocycles. The van der Waals surface area contributed by atoms with Crippen molar-refractivity contribution >= 4 is 26.6 Å². The fraction of sp³-hybridized carbons (Fsp3) is 0.438. The van der Waals surface area contributed by atoms with E-state index in [4.69, 9.17) is 4.74 Å². The van der Waals surface area contributed by atoms with Gasteiger partial charge in [-0.15, -0.1) is 0 Å². The molecule has 1 saturated heterocycles. The molecule has 1 aromatic carbocycles. The third-order valence-electron chi connectivity index (χ3n) is 4.00. The van der Waals surface area contributed by atoms with E-state index in [1.54, 1.807) is 6.07 Å². The quantitative estimate of drug-likeness (QED) is 0.940. The predicted octanol–water partition coefficient (Wildman–Crippen LogP) is 2.72. The van der Waals surface area contributed by atoms with Crippen LogP contribution in [0.5, 0.6) is 0 Å². The van der Waals surface area contributed by atoms with Crippen LogP contribution < -0.4 is 4.72 Å². The van der Waals surface area contributed by atoms with Crippen molar-refractivity contribution in [2.45, 2.75) is 31.4 Å². The monoisotopic (exact) mass is 320 g/mol. The van der Waals surface area contributed by atoms with E-state index in [0.717, 1.165) is 17.5 Å². The van der Waals surface area contributed by atoms with Gasteiger partial charge in [0.1, 0.15) is 0 Å². The highest BCUT2D eigenvalue weighted by atomic mass is 32.2. The Kier molecular flexibility index (Phi) is 4.31. The number of fused-ring (bicyclic) bond motifs is 1. The first kappa shape index (κ1) is 15.2. The molecule has 0 bridgehead atoms. The summed E-state index contributed by atoms with van der Waals surface area (Å²) < 4.78 is 33.1. The van der Waals surface area contributed by atoms with Crippen LogP contribution in [0, 0.1) is 0 Å². The molecule has 0 amide bonds. The largest absolute Gasteiger partial charge is 0.381 e. The van der Waals surface area contributed by atoms with Gasteiger partial charge in [0.15, 0.2) is 0 Å². The van der Waals surface area contributed by atoms with Gasteiger partial charge in [0.05, 0.1) is 16.5 Å². The summed E-state index contributed by atoms with van der Waals surface area (Å²) in [4.78, 5) is 4.57. The van der Waals surface area contributed by atoms with Crippen molar-refractivity contribution in [3.63, 3.8) is 0 Å². The van der Waals surface area contributed by atoms with Gasteiger partial charge < -0.3 is 4.74 Å². The van der Waals surface area contributed by atoms with Crippen LogP contribution in [-0.4, -0.2) is 31.9 Å². The fourth-order valence-corrected chi connectivity index (χ4v) is 4.14. The van der Waals surface area contributed by atoms with Crippen LogP contribution in [0.3, 0.4) is 0 Å². The molecule has 0 radical (unpaired) electrons. The van der Waals surface area contributed by atoms with E-state index in [1.165, 1.54) is 0 Å². The van der Waals surface area contributed by atoms with Gasteiger partial charge in [-0.2, -0.15) is 0 Å². The molecule has 2 heterocycles. The van der Waals surface area contributed by atoms with E-state index in [9.17, 15) is 8.42 Å². The van der Waals surface area contributed by atoms with Crippen LogP contribution in [-0.2, 0) is 21.2 Å². The molecule has 118 valence electrons. The fourth-order valence-electron chi connectivity index (χ4n) is 2.69. The second-order valence-electron chi connectivity index (χ2n) is 5.49. The molecule has 0 atom stereocenters. The van der Waals surface area contributed by atoms with E-state index >= 15 is 0 Å². The third kappa shape index (κ3) is 3.08. The Labute approximate surface area is 130 Å². The number of anilines is 1. The Bertz CT molecular complexity index is 768. The first-order valence-electron chi connectivity index (χ1n) is 7.58. The van der Waals surface area contributed by atoms with Gasteiger partial charge in [-0.3, -0.25) is 9.71 Å². The van der Waals surface area contributed by atoms with Crippen molar-refractivity contribution in [3.8, 4) is 0 Å². The number of rotatable bonds is 4. The molecule has 3 rings (SSSR count). The summed E-state index contributed by atoms with van der Waals surface area (Å²) in [5.74, 6) is 0. The zero-order valence-corrected chi connectivity index (χ0v) is 13.4. The van der Waals surface area contributed by atoms with Gasteiger partial charge in [-0.05, 0) is 31.4 Å². The standard InChI is InChI=1S/C16H20N2O3S/c1-2-13-7-6-12-4-3-5-15(16(12)17-13)18-22(19,20)14-8-10-21-11-9-14/h3-7,14,18H,2,8-11H2,1H3. The highest BCUT2D eigenvalue weighted by Gasteiger charge is 2.28. The second kappa shape index (κ2) is 6.22. The minimum atomic E-state index is -3.42. The van der Waals surface area contributed by atoms with Gasteiger partial charge >= 0.3 is 0 Å². The van der Waals surface area contributed by atoms with Crippen molar-refractivity contribution in [2.24, 2.45) is 0 Å². The van der Waals surface area contributed by atoms with Gasteiger partial charge in [0, 0.05) is 24.3 Å². The van der Waals surface area contributed by atoms with E-state index in [2.05, 4.69) is 9.71 Å². The molecular formula is C16H20N2O3S. The predicted molar refractivity (Wildman–Crippen MR) is 87.5 cm³/mol. The summed E-state index contributed by atoms with van der Waals surface area (Å²) in [6.07, 6.45) is 1.89. The molecule has 0 aliphatic carbocycles. The number of ether oxygens (including phenoxy) is 1. The van der Waals surface area contributed by atoms with Crippen molar-refractivity contribution in [1.82, 2.24) is 4.98 Å². The lowest BCUT2D eigenvalue weighted by Crippen LogP contribution is -2.33. The SMILES string of the molecule is CCc1ccc2cccc(NS(=O)(=O)C3CCOCC3)c2n1. The van der Waals surface area contributed by atoms with Crippen LogP contribution in [0.2, 0.25) is 0 Å². The average molecular weight is 320 g/mol. The molecule has 6 heteroatoms. The van der Waals surface area contributed by atoms with Crippen LogP contribution in [0.1, 0.15) is 25.5 Å². The lowest BCUT2D eigenvalue weighted by atomic mass is 10.1. The lowest BCUT2D eigenvalue weighted by molar-refractivity contribution is 0.0984. The third-order valence-corrected chi connectivity index (χ3v) is 5.85. The van der Waals surface area contributed by atoms with Crippen molar-refractivity contribution < 1.29 is 13.2 Å². The van der Waals surface area contributed by atoms with Gasteiger partial charge in [-0.1, -0.05) is 25.1 Å². The highest BCUT2D eigenvalue weighted by Crippen LogP contribution is 2.25. The number of aromatic nitrogens is 1. The zero-order valence-electron chi connectivity index (χ0n) is 12.6. The minimum absolute atomic E-state index is 0.397. The molecule has 1 aliphatic heterocycles. The molecule has 22 heavy (non-hydrogen) atoms. The number of aryl methyl sites for hydroxylation is 1. The van der Waals surface area contributed by atoms with Crippen LogP contribution in [0.4, 0.5) is 5.69 Å². The Morgan fingerprint density at radius 3 is 2.73 bits per heavy atom. The number of sulfonamides is 1. The van der Waals surface area contributed by atoms with E-state index < -0.39 is 15.3 Å². The highest BCUT2D eigenvalue weighted by molar-refractivity contribution is 7.93. The molecule has 0 spiro atoms. The smallest absolute Gasteiger partial charge is 0.235 e. The number of para-hydroxylation sites is 1. The van der Waals surface area contributed by atoms with Gasteiger partial charge in [0.25, 0.3) is 0 Å². The second-order valence-corrected chi connectivity index (χ2v) is 7.45.